The first kappa shape index (κ1) is 13.2. The Morgan fingerprint density at radius 2 is 2.50 bits per heavy atom. The summed E-state index contributed by atoms with van der Waals surface area (Å²) < 4.78 is 5.47. The molecule has 6 nitrogen and oxygen atoms in total. The Bertz CT molecular complexity index is 400. The highest BCUT2D eigenvalue weighted by Crippen LogP contribution is 2.11. The summed E-state index contributed by atoms with van der Waals surface area (Å²) in [6.45, 7) is 4.18. The van der Waals surface area contributed by atoms with E-state index in [1.54, 1.807) is 11.3 Å². The van der Waals surface area contributed by atoms with Crippen molar-refractivity contribution in [1.82, 2.24) is 15.5 Å². The van der Waals surface area contributed by atoms with Crippen molar-refractivity contribution in [2.24, 2.45) is 10.7 Å². The number of hydrogen-bond donors (Lipinski definition) is 2. The minimum atomic E-state index is 0.246. The molecule has 0 saturated carbocycles. The fourth-order valence-electron chi connectivity index (χ4n) is 1.78. The first-order valence-corrected chi connectivity index (χ1v) is 7.00. The molecule has 0 amide bonds. The Labute approximate surface area is 111 Å². The number of aromatic nitrogens is 2. The molecule has 0 radical (unpaired) electrons. The number of ether oxygens (including phenoxy) is 1. The van der Waals surface area contributed by atoms with Crippen molar-refractivity contribution in [2.45, 2.75) is 32.3 Å². The number of rotatable bonds is 5. The van der Waals surface area contributed by atoms with Crippen LogP contribution in [0.4, 0.5) is 0 Å². The zero-order valence-corrected chi connectivity index (χ0v) is 11.4. The second kappa shape index (κ2) is 6.65. The van der Waals surface area contributed by atoms with Gasteiger partial charge in [-0.2, -0.15) is 0 Å². The molecule has 0 aromatic carbocycles. The molecular formula is C11H19N5OS. The Hall–Kier alpha value is -1.21. The van der Waals surface area contributed by atoms with Crippen molar-refractivity contribution >= 4 is 17.3 Å². The molecule has 7 heteroatoms. The number of aryl methyl sites for hydroxylation is 1. The Morgan fingerprint density at radius 3 is 3.17 bits per heavy atom. The van der Waals surface area contributed by atoms with E-state index in [4.69, 9.17) is 10.5 Å². The van der Waals surface area contributed by atoms with E-state index in [-0.39, 0.29) is 6.10 Å². The molecule has 1 saturated heterocycles. The summed E-state index contributed by atoms with van der Waals surface area (Å²) in [5, 5.41) is 13.1. The highest BCUT2D eigenvalue weighted by molar-refractivity contribution is 7.11. The minimum absolute atomic E-state index is 0.246. The highest BCUT2D eigenvalue weighted by atomic mass is 32.1. The van der Waals surface area contributed by atoms with Crippen LogP contribution in [0.25, 0.3) is 0 Å². The van der Waals surface area contributed by atoms with E-state index < -0.39 is 0 Å². The van der Waals surface area contributed by atoms with Crippen LogP contribution in [0.2, 0.25) is 0 Å². The summed E-state index contributed by atoms with van der Waals surface area (Å²) in [7, 11) is 0. The van der Waals surface area contributed by atoms with Crippen molar-refractivity contribution in [3.05, 3.63) is 10.0 Å². The van der Waals surface area contributed by atoms with Gasteiger partial charge in [0.1, 0.15) is 10.0 Å². The quantitative estimate of drug-likeness (QED) is 0.599. The molecule has 0 aliphatic carbocycles. The molecular weight excluding hydrogens is 250 g/mol. The molecule has 2 heterocycles. The van der Waals surface area contributed by atoms with E-state index in [0.29, 0.717) is 12.5 Å². The Kier molecular flexibility index (Phi) is 4.89. The normalized spacial score (nSPS) is 20.3. The van der Waals surface area contributed by atoms with Crippen LogP contribution in [0, 0.1) is 6.92 Å². The molecule has 18 heavy (non-hydrogen) atoms. The number of nitrogens with zero attached hydrogens (tertiary/aromatic N) is 3. The molecule has 1 unspecified atom stereocenters. The second-order valence-corrected chi connectivity index (χ2v) is 5.52. The fraction of sp³-hybridized carbons (Fsp3) is 0.727. The van der Waals surface area contributed by atoms with Gasteiger partial charge in [-0.05, 0) is 19.8 Å². The predicted molar refractivity (Wildman–Crippen MR) is 71.8 cm³/mol. The molecule has 3 N–H and O–H groups in total. The topological polar surface area (TPSA) is 85.4 Å². The largest absolute Gasteiger partial charge is 0.376 e. The van der Waals surface area contributed by atoms with Crippen LogP contribution in [0.1, 0.15) is 22.9 Å². The van der Waals surface area contributed by atoms with Crippen LogP contribution in [0.3, 0.4) is 0 Å². The summed E-state index contributed by atoms with van der Waals surface area (Å²) in [5.74, 6) is 0.478. The third-order valence-corrected chi connectivity index (χ3v) is 3.60. The average Bonchev–Trinajstić information content (AvgIpc) is 2.98. The zero-order chi connectivity index (χ0) is 12.8. The van der Waals surface area contributed by atoms with Crippen LogP contribution in [-0.2, 0) is 11.2 Å². The summed E-state index contributed by atoms with van der Waals surface area (Å²) in [4.78, 5) is 4.27. The molecule has 1 aliphatic heterocycles. The summed E-state index contributed by atoms with van der Waals surface area (Å²) >= 11 is 1.61. The maximum atomic E-state index is 5.77. The molecule has 1 fully saturated rings. The molecule has 1 aromatic heterocycles. The standard InChI is InChI=1S/C11H19N5OS/c1-8-15-16-10(18-8)4-5-13-11(12)14-7-9-3-2-6-17-9/h9H,2-7H2,1H3,(H3,12,13,14). The van der Waals surface area contributed by atoms with Gasteiger partial charge in [0.05, 0.1) is 12.6 Å². The van der Waals surface area contributed by atoms with Gasteiger partial charge >= 0.3 is 0 Å². The van der Waals surface area contributed by atoms with Crippen LogP contribution in [-0.4, -0.2) is 42.0 Å². The molecule has 1 atom stereocenters. The van der Waals surface area contributed by atoms with Crippen LogP contribution in [0.15, 0.2) is 4.99 Å². The van der Waals surface area contributed by atoms with Gasteiger partial charge in [0.2, 0.25) is 0 Å². The maximum Gasteiger partial charge on any atom is 0.188 e. The zero-order valence-electron chi connectivity index (χ0n) is 10.6. The van der Waals surface area contributed by atoms with Gasteiger partial charge in [-0.1, -0.05) is 0 Å². The Morgan fingerprint density at radius 1 is 1.61 bits per heavy atom. The number of hydrogen-bond acceptors (Lipinski definition) is 5. The first-order valence-electron chi connectivity index (χ1n) is 6.18. The van der Waals surface area contributed by atoms with Crippen molar-refractivity contribution < 1.29 is 4.74 Å². The molecule has 1 aromatic rings. The average molecular weight is 269 g/mol. The van der Waals surface area contributed by atoms with Gasteiger partial charge in [0.15, 0.2) is 5.96 Å². The monoisotopic (exact) mass is 269 g/mol. The van der Waals surface area contributed by atoms with Crippen molar-refractivity contribution in [2.75, 3.05) is 19.7 Å². The van der Waals surface area contributed by atoms with Gasteiger partial charge < -0.3 is 15.8 Å². The smallest absolute Gasteiger partial charge is 0.188 e. The lowest BCUT2D eigenvalue weighted by atomic mass is 10.2. The number of nitrogens with two attached hydrogens (primary N) is 1. The van der Waals surface area contributed by atoms with Gasteiger partial charge in [0, 0.05) is 19.6 Å². The van der Waals surface area contributed by atoms with E-state index >= 15 is 0 Å². The van der Waals surface area contributed by atoms with Gasteiger partial charge in [-0.25, -0.2) is 0 Å². The molecule has 1 aliphatic rings. The van der Waals surface area contributed by atoms with Gasteiger partial charge in [-0.15, -0.1) is 21.5 Å². The molecule has 0 bridgehead atoms. The predicted octanol–water partition coefficient (Wildman–Crippen LogP) is 0.472. The van der Waals surface area contributed by atoms with Crippen molar-refractivity contribution in [3.8, 4) is 0 Å². The van der Waals surface area contributed by atoms with Crippen molar-refractivity contribution in [1.29, 1.82) is 0 Å². The van der Waals surface area contributed by atoms with E-state index in [1.807, 2.05) is 6.92 Å². The SMILES string of the molecule is Cc1nnc(CCNC(N)=NCC2CCCO2)s1. The van der Waals surface area contributed by atoms with E-state index in [2.05, 4.69) is 20.5 Å². The molecule has 2 rings (SSSR count). The third kappa shape index (κ3) is 4.23. The molecule has 0 spiro atoms. The van der Waals surface area contributed by atoms with Gasteiger partial charge in [0.25, 0.3) is 0 Å². The minimum Gasteiger partial charge on any atom is -0.376 e. The summed E-state index contributed by atoms with van der Waals surface area (Å²) in [6, 6.07) is 0. The van der Waals surface area contributed by atoms with E-state index in [9.17, 15) is 0 Å². The summed E-state index contributed by atoms with van der Waals surface area (Å²) in [6.07, 6.45) is 3.28. The maximum absolute atomic E-state index is 5.77. The van der Waals surface area contributed by atoms with Crippen LogP contribution in [0.5, 0.6) is 0 Å². The number of nitrogens with one attached hydrogen (secondary N) is 1. The second-order valence-electron chi connectivity index (χ2n) is 4.25. The van der Waals surface area contributed by atoms with E-state index in [1.165, 1.54) is 0 Å². The number of aliphatic imine (C=N–C) groups is 1. The third-order valence-electron chi connectivity index (χ3n) is 2.70. The number of guanidine groups is 1. The highest BCUT2D eigenvalue weighted by Gasteiger charge is 2.14. The lowest BCUT2D eigenvalue weighted by molar-refractivity contribution is 0.118. The van der Waals surface area contributed by atoms with Gasteiger partial charge in [-0.3, -0.25) is 4.99 Å². The molecule has 100 valence electrons. The van der Waals surface area contributed by atoms with E-state index in [0.717, 1.165) is 42.4 Å². The van der Waals surface area contributed by atoms with Crippen LogP contribution >= 0.6 is 11.3 Å². The summed E-state index contributed by atoms with van der Waals surface area (Å²) in [5.41, 5.74) is 5.77. The Balaban J connectivity index is 1.64. The lowest BCUT2D eigenvalue weighted by Crippen LogP contribution is -2.34. The lowest BCUT2D eigenvalue weighted by Gasteiger charge is -2.07. The van der Waals surface area contributed by atoms with Crippen molar-refractivity contribution in [3.63, 3.8) is 0 Å². The first-order chi connectivity index (χ1) is 8.74. The fourth-order valence-corrected chi connectivity index (χ4v) is 2.49. The van der Waals surface area contributed by atoms with Crippen LogP contribution < -0.4 is 11.1 Å².